The molecule has 0 unspecified atom stereocenters. The minimum atomic E-state index is -0.383. The molecule has 1 aromatic heterocycles. The molecule has 0 aliphatic heterocycles. The van der Waals surface area contributed by atoms with E-state index in [4.69, 9.17) is 4.74 Å². The maximum Gasteiger partial charge on any atom is 0.266 e. The van der Waals surface area contributed by atoms with Gasteiger partial charge in [0.05, 0.1) is 24.1 Å². The molecule has 33 heavy (non-hydrogen) atoms. The molecule has 0 bridgehead atoms. The second kappa shape index (κ2) is 10.2. The Morgan fingerprint density at radius 2 is 1.61 bits per heavy atom. The summed E-state index contributed by atoms with van der Waals surface area (Å²) >= 11 is 1.11. The number of hydrogen-bond donors (Lipinski definition) is 1. The average Bonchev–Trinajstić information content (AvgIpc) is 2.86. The van der Waals surface area contributed by atoms with E-state index >= 15 is 0 Å². The molecule has 1 N–H and O–H groups in total. The van der Waals surface area contributed by atoms with Crippen molar-refractivity contribution in [3.8, 4) is 17.3 Å². The Hall–Kier alpha value is -3.84. The molecule has 0 fully saturated rings. The van der Waals surface area contributed by atoms with Crippen LogP contribution in [0.15, 0.2) is 94.9 Å². The standard InChI is InChI=1S/C26H22N2O4S/c1-32-21-14-12-20(13-15-21)28-25(31)22(16-18-8-4-2-5-9-18)24(30)27-26(28)33-17-23(29)19-10-6-3-7-11-19/h2-15,30H,16-17H2,1H3. The van der Waals surface area contributed by atoms with Crippen LogP contribution in [0.2, 0.25) is 0 Å². The van der Waals surface area contributed by atoms with Crippen molar-refractivity contribution in [3.05, 3.63) is 112 Å². The fourth-order valence-corrected chi connectivity index (χ4v) is 4.27. The Balaban J connectivity index is 1.74. The zero-order valence-corrected chi connectivity index (χ0v) is 18.8. The number of hydrogen-bond acceptors (Lipinski definition) is 6. The van der Waals surface area contributed by atoms with Gasteiger partial charge in [0.25, 0.3) is 5.56 Å². The SMILES string of the molecule is COc1ccc(-n2c(SCC(=O)c3ccccc3)nc(O)c(Cc3ccccc3)c2=O)cc1. The maximum atomic E-state index is 13.5. The molecule has 6 nitrogen and oxygen atoms in total. The van der Waals surface area contributed by atoms with Crippen molar-refractivity contribution in [2.24, 2.45) is 0 Å². The molecule has 0 spiro atoms. The first-order valence-corrected chi connectivity index (χ1v) is 11.3. The van der Waals surface area contributed by atoms with Crippen LogP contribution in [-0.2, 0) is 6.42 Å². The minimum absolute atomic E-state index is 0.0735. The third kappa shape index (κ3) is 5.15. The van der Waals surface area contributed by atoms with Crippen molar-refractivity contribution in [1.82, 2.24) is 9.55 Å². The number of rotatable bonds is 8. The van der Waals surface area contributed by atoms with Crippen LogP contribution in [0.3, 0.4) is 0 Å². The maximum absolute atomic E-state index is 13.5. The van der Waals surface area contributed by atoms with Gasteiger partial charge in [-0.15, -0.1) is 0 Å². The lowest BCUT2D eigenvalue weighted by Gasteiger charge is -2.15. The molecule has 1 heterocycles. The normalized spacial score (nSPS) is 10.7. The van der Waals surface area contributed by atoms with Crippen LogP contribution in [0.25, 0.3) is 5.69 Å². The van der Waals surface area contributed by atoms with Gasteiger partial charge >= 0.3 is 0 Å². The third-order valence-corrected chi connectivity index (χ3v) is 6.05. The fraction of sp³-hybridized carbons (Fsp3) is 0.115. The first-order valence-electron chi connectivity index (χ1n) is 10.3. The van der Waals surface area contributed by atoms with Gasteiger partial charge in [-0.3, -0.25) is 14.2 Å². The lowest BCUT2D eigenvalue weighted by molar-refractivity contribution is 0.102. The first kappa shape index (κ1) is 22.4. The Kier molecular flexibility index (Phi) is 6.90. The number of thioether (sulfide) groups is 1. The van der Waals surface area contributed by atoms with E-state index < -0.39 is 0 Å². The number of carbonyl (C=O) groups excluding carboxylic acids is 1. The summed E-state index contributed by atoms with van der Waals surface area (Å²) in [6.07, 6.45) is 0.239. The van der Waals surface area contributed by atoms with Crippen LogP contribution < -0.4 is 10.3 Å². The number of benzene rings is 3. The number of Topliss-reactive ketones (excluding diaryl/α,β-unsaturated/α-hetero) is 1. The van der Waals surface area contributed by atoms with Gasteiger partial charge < -0.3 is 9.84 Å². The summed E-state index contributed by atoms with van der Waals surface area (Å²) in [5.74, 6) is 0.299. The van der Waals surface area contributed by atoms with Crippen LogP contribution >= 0.6 is 11.8 Å². The second-order valence-electron chi connectivity index (χ2n) is 7.28. The predicted molar refractivity (Wildman–Crippen MR) is 129 cm³/mol. The van der Waals surface area contributed by atoms with Gasteiger partial charge in [-0.25, -0.2) is 0 Å². The molecule has 0 atom stereocenters. The Bertz CT molecular complexity index is 1300. The monoisotopic (exact) mass is 458 g/mol. The quantitative estimate of drug-likeness (QED) is 0.238. The van der Waals surface area contributed by atoms with Gasteiger partial charge in [0, 0.05) is 12.0 Å². The highest BCUT2D eigenvalue weighted by Crippen LogP contribution is 2.25. The predicted octanol–water partition coefficient (Wildman–Crippen LogP) is 4.51. The molecule has 0 aliphatic carbocycles. The fourth-order valence-electron chi connectivity index (χ4n) is 3.37. The molecule has 0 saturated heterocycles. The van der Waals surface area contributed by atoms with Crippen LogP contribution in [0.1, 0.15) is 21.5 Å². The summed E-state index contributed by atoms with van der Waals surface area (Å²) in [7, 11) is 1.57. The lowest BCUT2D eigenvalue weighted by atomic mass is 10.1. The number of aromatic hydroxyl groups is 1. The zero-order valence-electron chi connectivity index (χ0n) is 18.0. The van der Waals surface area contributed by atoms with E-state index in [1.54, 1.807) is 55.6 Å². The van der Waals surface area contributed by atoms with Gasteiger partial charge in [0.2, 0.25) is 5.88 Å². The highest BCUT2D eigenvalue weighted by Gasteiger charge is 2.19. The van der Waals surface area contributed by atoms with E-state index in [0.29, 0.717) is 17.0 Å². The average molecular weight is 459 g/mol. The van der Waals surface area contributed by atoms with Crippen LogP contribution in [0, 0.1) is 0 Å². The summed E-state index contributed by atoms with van der Waals surface area (Å²) in [6.45, 7) is 0. The molecular formula is C26H22N2O4S. The number of ketones is 1. The van der Waals surface area contributed by atoms with E-state index in [1.807, 2.05) is 36.4 Å². The summed E-state index contributed by atoms with van der Waals surface area (Å²) in [6, 6.07) is 25.3. The van der Waals surface area contributed by atoms with Crippen molar-refractivity contribution in [2.75, 3.05) is 12.9 Å². The molecule has 4 rings (SSSR count). The highest BCUT2D eigenvalue weighted by molar-refractivity contribution is 7.99. The van der Waals surface area contributed by atoms with Crippen molar-refractivity contribution in [1.29, 1.82) is 0 Å². The minimum Gasteiger partial charge on any atom is -0.497 e. The smallest absolute Gasteiger partial charge is 0.266 e. The van der Waals surface area contributed by atoms with Crippen molar-refractivity contribution in [2.45, 2.75) is 11.6 Å². The van der Waals surface area contributed by atoms with Crippen molar-refractivity contribution >= 4 is 17.5 Å². The van der Waals surface area contributed by atoms with Crippen LogP contribution in [0.4, 0.5) is 0 Å². The van der Waals surface area contributed by atoms with Gasteiger partial charge in [-0.1, -0.05) is 72.4 Å². The summed E-state index contributed by atoms with van der Waals surface area (Å²) in [5, 5.41) is 10.9. The van der Waals surface area contributed by atoms with E-state index in [-0.39, 0.29) is 40.1 Å². The van der Waals surface area contributed by atoms with Gasteiger partial charge in [0.15, 0.2) is 10.9 Å². The van der Waals surface area contributed by atoms with Gasteiger partial charge in [0.1, 0.15) is 5.75 Å². The van der Waals surface area contributed by atoms with Crippen molar-refractivity contribution in [3.63, 3.8) is 0 Å². The number of ether oxygens (including phenoxy) is 1. The Morgan fingerprint density at radius 3 is 2.24 bits per heavy atom. The molecule has 0 aliphatic rings. The van der Waals surface area contributed by atoms with Crippen LogP contribution in [0.5, 0.6) is 11.6 Å². The molecule has 0 saturated carbocycles. The van der Waals surface area contributed by atoms with E-state index in [9.17, 15) is 14.7 Å². The first-order chi connectivity index (χ1) is 16.1. The number of carbonyl (C=O) groups is 1. The largest absolute Gasteiger partial charge is 0.497 e. The number of aromatic nitrogens is 2. The van der Waals surface area contributed by atoms with Gasteiger partial charge in [-0.2, -0.15) is 4.98 Å². The van der Waals surface area contributed by atoms with E-state index in [2.05, 4.69) is 4.98 Å². The second-order valence-corrected chi connectivity index (χ2v) is 8.22. The van der Waals surface area contributed by atoms with Crippen LogP contribution in [-0.4, -0.2) is 33.3 Å². The molecular weight excluding hydrogens is 436 g/mol. The number of methoxy groups -OCH3 is 1. The topological polar surface area (TPSA) is 81.4 Å². The molecule has 3 aromatic carbocycles. The number of nitrogens with zero attached hydrogens (tertiary/aromatic N) is 2. The molecule has 0 radical (unpaired) electrons. The Morgan fingerprint density at radius 1 is 0.970 bits per heavy atom. The summed E-state index contributed by atoms with van der Waals surface area (Å²) in [5.41, 5.74) is 1.83. The van der Waals surface area contributed by atoms with E-state index in [0.717, 1.165) is 17.3 Å². The van der Waals surface area contributed by atoms with E-state index in [1.165, 1.54) is 4.57 Å². The zero-order chi connectivity index (χ0) is 23.2. The lowest BCUT2D eigenvalue weighted by Crippen LogP contribution is -2.26. The molecule has 0 amide bonds. The third-order valence-electron chi connectivity index (χ3n) is 5.11. The summed E-state index contributed by atoms with van der Waals surface area (Å²) < 4.78 is 6.65. The van der Waals surface area contributed by atoms with Gasteiger partial charge in [-0.05, 0) is 29.8 Å². The van der Waals surface area contributed by atoms with Crippen molar-refractivity contribution < 1.29 is 14.6 Å². The molecule has 7 heteroatoms. The molecule has 4 aromatic rings. The molecule has 166 valence electrons. The summed E-state index contributed by atoms with van der Waals surface area (Å²) in [4.78, 5) is 30.4. The Labute approximate surface area is 195 Å². The highest BCUT2D eigenvalue weighted by atomic mass is 32.2.